The number of benzene rings is 2. The van der Waals surface area contributed by atoms with Gasteiger partial charge in [-0.15, -0.1) is 0 Å². The third kappa shape index (κ3) is 6.41. The van der Waals surface area contributed by atoms with Crippen molar-refractivity contribution in [2.24, 2.45) is 11.5 Å². The van der Waals surface area contributed by atoms with E-state index in [1.165, 1.54) is 18.2 Å². The topological polar surface area (TPSA) is 92.7 Å². The average molecular weight is 491 g/mol. The van der Waals surface area contributed by atoms with Crippen molar-refractivity contribution < 1.29 is 22.8 Å². The molecule has 1 aliphatic rings. The lowest BCUT2D eigenvalue weighted by atomic mass is 9.90. The van der Waals surface area contributed by atoms with Gasteiger partial charge in [0.15, 0.2) is 11.6 Å². The Morgan fingerprint density at radius 1 is 1.06 bits per heavy atom. The number of nitrogens with zero attached hydrogens (tertiary/aromatic N) is 2. The number of primary amides is 1. The highest BCUT2D eigenvalue weighted by Gasteiger charge is 2.38. The van der Waals surface area contributed by atoms with Gasteiger partial charge < -0.3 is 16.4 Å². The molecule has 1 heterocycles. The maximum absolute atomic E-state index is 13.8. The van der Waals surface area contributed by atoms with Crippen LogP contribution in [0.4, 0.5) is 13.2 Å². The van der Waals surface area contributed by atoms with E-state index in [1.807, 2.05) is 11.8 Å². The van der Waals surface area contributed by atoms with Crippen LogP contribution in [0.15, 0.2) is 42.5 Å². The number of nitrogens with two attached hydrogens (primary N) is 2. The molecule has 2 amide bonds. The van der Waals surface area contributed by atoms with Gasteiger partial charge in [-0.05, 0) is 48.2 Å². The van der Waals surface area contributed by atoms with Crippen LogP contribution in [0.1, 0.15) is 43.7 Å². The molecule has 9 heteroatoms. The molecule has 0 spiro atoms. The van der Waals surface area contributed by atoms with Crippen LogP contribution in [0, 0.1) is 17.5 Å². The van der Waals surface area contributed by atoms with E-state index >= 15 is 0 Å². The Balaban J connectivity index is 1.74. The Kier molecular flexibility index (Phi) is 8.91. The van der Waals surface area contributed by atoms with Crippen LogP contribution in [0.3, 0.4) is 0 Å². The van der Waals surface area contributed by atoms with Gasteiger partial charge in [0.2, 0.25) is 11.8 Å². The number of hydrogen-bond donors (Lipinski definition) is 2. The number of rotatable bonds is 9. The molecule has 0 aliphatic carbocycles. The van der Waals surface area contributed by atoms with Gasteiger partial charge in [0.1, 0.15) is 5.82 Å². The Morgan fingerprint density at radius 2 is 1.74 bits per heavy atom. The number of halogens is 3. The van der Waals surface area contributed by atoms with Crippen LogP contribution in [-0.4, -0.2) is 59.4 Å². The molecule has 35 heavy (non-hydrogen) atoms. The molecule has 2 aromatic carbocycles. The van der Waals surface area contributed by atoms with Crippen molar-refractivity contribution in [1.82, 2.24) is 9.80 Å². The molecule has 0 radical (unpaired) electrons. The van der Waals surface area contributed by atoms with E-state index in [0.29, 0.717) is 31.6 Å². The van der Waals surface area contributed by atoms with Gasteiger partial charge in [-0.25, -0.2) is 13.2 Å². The smallest absolute Gasteiger partial charge is 0.240 e. The fourth-order valence-electron chi connectivity index (χ4n) is 4.90. The van der Waals surface area contributed by atoms with Crippen LogP contribution in [0.25, 0.3) is 0 Å². The zero-order chi connectivity index (χ0) is 25.7. The van der Waals surface area contributed by atoms with Crippen molar-refractivity contribution in [3.05, 3.63) is 71.0 Å². The van der Waals surface area contributed by atoms with Crippen LogP contribution < -0.4 is 11.5 Å². The van der Waals surface area contributed by atoms with Crippen LogP contribution in [0.2, 0.25) is 0 Å². The summed E-state index contributed by atoms with van der Waals surface area (Å²) in [6.45, 7) is 4.92. The molecule has 4 N–H and O–H groups in total. The van der Waals surface area contributed by atoms with Gasteiger partial charge in [-0.3, -0.25) is 14.5 Å². The van der Waals surface area contributed by atoms with Gasteiger partial charge in [-0.2, -0.15) is 0 Å². The molecule has 6 nitrogen and oxygen atoms in total. The third-order valence-corrected chi connectivity index (χ3v) is 6.73. The molecular weight excluding hydrogens is 457 g/mol. The minimum absolute atomic E-state index is 0.181. The van der Waals surface area contributed by atoms with Crippen molar-refractivity contribution in [2.75, 3.05) is 19.6 Å². The lowest BCUT2D eigenvalue weighted by molar-refractivity contribution is -0.139. The van der Waals surface area contributed by atoms with E-state index in [2.05, 4.69) is 0 Å². The maximum atomic E-state index is 13.8. The van der Waals surface area contributed by atoms with Crippen molar-refractivity contribution in [3.63, 3.8) is 0 Å². The first-order chi connectivity index (χ1) is 16.6. The van der Waals surface area contributed by atoms with Crippen LogP contribution in [-0.2, 0) is 16.0 Å². The molecule has 3 rings (SSSR count). The van der Waals surface area contributed by atoms with Crippen molar-refractivity contribution in [1.29, 1.82) is 0 Å². The summed E-state index contributed by atoms with van der Waals surface area (Å²) >= 11 is 0. The van der Waals surface area contributed by atoms with E-state index in [9.17, 15) is 22.8 Å². The first kappa shape index (κ1) is 26.7. The average Bonchev–Trinajstić information content (AvgIpc) is 2.82. The Bertz CT molecular complexity index is 1030. The Morgan fingerprint density at radius 3 is 2.34 bits per heavy atom. The second-order valence-electron chi connectivity index (χ2n) is 9.22. The van der Waals surface area contributed by atoms with E-state index < -0.39 is 35.5 Å². The molecule has 0 bridgehead atoms. The lowest BCUT2D eigenvalue weighted by Crippen LogP contribution is -2.62. The van der Waals surface area contributed by atoms with E-state index in [-0.39, 0.29) is 24.2 Å². The Labute approximate surface area is 204 Å². The summed E-state index contributed by atoms with van der Waals surface area (Å²) < 4.78 is 40.4. The Hall–Kier alpha value is -2.91. The standard InChI is InChI=1S/C26H33F3N4O2/c1-3-4-20-15-32(24(25(31)34)16(2)18-7-10-21(28)22(29)14-18)11-12-33(20)26(35)23(30)13-17-5-8-19(27)9-6-17/h5-10,14,16,20,23-24H,3-4,11-13,15,30H2,1-2H3,(H2,31,34). The van der Waals surface area contributed by atoms with Crippen molar-refractivity contribution in [3.8, 4) is 0 Å². The van der Waals surface area contributed by atoms with Gasteiger partial charge >= 0.3 is 0 Å². The molecule has 0 aromatic heterocycles. The van der Waals surface area contributed by atoms with Crippen molar-refractivity contribution >= 4 is 11.8 Å². The second-order valence-corrected chi connectivity index (χ2v) is 9.22. The van der Waals surface area contributed by atoms with Gasteiger partial charge in [0, 0.05) is 31.6 Å². The monoisotopic (exact) mass is 490 g/mol. The quantitative estimate of drug-likeness (QED) is 0.565. The minimum Gasteiger partial charge on any atom is -0.368 e. The summed E-state index contributed by atoms with van der Waals surface area (Å²) in [5.74, 6) is -3.53. The predicted molar refractivity (Wildman–Crippen MR) is 128 cm³/mol. The summed E-state index contributed by atoms with van der Waals surface area (Å²) in [4.78, 5) is 29.4. The molecule has 1 fully saturated rings. The van der Waals surface area contributed by atoms with Crippen molar-refractivity contribution in [2.45, 2.75) is 57.2 Å². The van der Waals surface area contributed by atoms with E-state index in [4.69, 9.17) is 11.5 Å². The van der Waals surface area contributed by atoms with E-state index in [1.54, 1.807) is 24.0 Å². The lowest BCUT2D eigenvalue weighted by Gasteiger charge is -2.45. The number of piperazine rings is 1. The molecule has 4 atom stereocenters. The first-order valence-corrected chi connectivity index (χ1v) is 11.9. The highest BCUT2D eigenvalue weighted by atomic mass is 19.2. The van der Waals surface area contributed by atoms with Crippen LogP contribution in [0.5, 0.6) is 0 Å². The fraction of sp³-hybridized carbons (Fsp3) is 0.462. The number of amides is 2. The summed E-state index contributed by atoms with van der Waals surface area (Å²) in [6, 6.07) is 7.78. The predicted octanol–water partition coefficient (Wildman–Crippen LogP) is 2.94. The number of hydrogen-bond acceptors (Lipinski definition) is 4. The SMILES string of the molecule is CCCC1CN(C(C(N)=O)C(C)c2ccc(F)c(F)c2)CCN1C(=O)C(N)Cc1ccc(F)cc1. The highest BCUT2D eigenvalue weighted by Crippen LogP contribution is 2.28. The summed E-state index contributed by atoms with van der Waals surface area (Å²) in [6.07, 6.45) is 1.81. The van der Waals surface area contributed by atoms with Gasteiger partial charge in [-0.1, -0.05) is 38.5 Å². The summed E-state index contributed by atoms with van der Waals surface area (Å²) in [7, 11) is 0. The van der Waals surface area contributed by atoms with Gasteiger partial charge in [0.25, 0.3) is 0 Å². The zero-order valence-corrected chi connectivity index (χ0v) is 20.1. The van der Waals surface area contributed by atoms with Gasteiger partial charge in [0.05, 0.1) is 12.1 Å². The third-order valence-electron chi connectivity index (χ3n) is 6.73. The summed E-state index contributed by atoms with van der Waals surface area (Å²) in [5.41, 5.74) is 13.2. The molecule has 2 aromatic rings. The minimum atomic E-state index is -0.980. The zero-order valence-electron chi connectivity index (χ0n) is 20.1. The molecule has 1 saturated heterocycles. The normalized spacial score (nSPS) is 19.3. The molecule has 4 unspecified atom stereocenters. The second kappa shape index (κ2) is 11.7. The molecule has 1 aliphatic heterocycles. The number of carbonyl (C=O) groups is 2. The molecule has 190 valence electrons. The maximum Gasteiger partial charge on any atom is 0.240 e. The molecule has 0 saturated carbocycles. The van der Waals surface area contributed by atoms with Crippen LogP contribution >= 0.6 is 0 Å². The summed E-state index contributed by atoms with van der Waals surface area (Å²) in [5, 5.41) is 0. The first-order valence-electron chi connectivity index (χ1n) is 11.9. The molecular formula is C26H33F3N4O2. The largest absolute Gasteiger partial charge is 0.368 e. The van der Waals surface area contributed by atoms with E-state index in [0.717, 1.165) is 24.1 Å². The fourth-order valence-corrected chi connectivity index (χ4v) is 4.90. The highest BCUT2D eigenvalue weighted by molar-refractivity contribution is 5.83. The number of carbonyl (C=O) groups excluding carboxylic acids is 2.